The van der Waals surface area contributed by atoms with Crippen LogP contribution in [-0.4, -0.2) is 25.8 Å². The molecule has 1 heterocycles. The average molecular weight is 353 g/mol. The number of hydrogen-bond donors (Lipinski definition) is 2. The SMILES string of the molecule is CCCc1nc(S)nn1Cc1ccc(-c2ccccc2C(=O)O)cc1. The Morgan fingerprint density at radius 2 is 1.88 bits per heavy atom. The molecule has 0 spiro atoms. The van der Waals surface area contributed by atoms with E-state index in [1.54, 1.807) is 12.1 Å². The van der Waals surface area contributed by atoms with Crippen LogP contribution in [-0.2, 0) is 13.0 Å². The lowest BCUT2D eigenvalue weighted by Crippen LogP contribution is -2.07. The van der Waals surface area contributed by atoms with Crippen molar-refractivity contribution in [3.8, 4) is 11.1 Å². The minimum absolute atomic E-state index is 0.302. The third-order valence-corrected chi connectivity index (χ3v) is 4.15. The molecule has 3 aromatic rings. The lowest BCUT2D eigenvalue weighted by Gasteiger charge is -2.09. The molecule has 0 unspecified atom stereocenters. The monoisotopic (exact) mass is 353 g/mol. The fourth-order valence-electron chi connectivity index (χ4n) is 2.78. The Morgan fingerprint density at radius 1 is 1.16 bits per heavy atom. The predicted molar refractivity (Wildman–Crippen MR) is 99.2 cm³/mol. The van der Waals surface area contributed by atoms with Crippen molar-refractivity contribution < 1.29 is 9.90 Å². The summed E-state index contributed by atoms with van der Waals surface area (Å²) in [7, 11) is 0. The van der Waals surface area contributed by atoms with Gasteiger partial charge in [-0.3, -0.25) is 0 Å². The van der Waals surface area contributed by atoms with E-state index in [4.69, 9.17) is 0 Å². The number of rotatable bonds is 6. The fourth-order valence-corrected chi connectivity index (χ4v) is 3.00. The zero-order valence-corrected chi connectivity index (χ0v) is 14.8. The van der Waals surface area contributed by atoms with E-state index in [-0.39, 0.29) is 0 Å². The molecule has 5 nitrogen and oxygen atoms in total. The fraction of sp³-hybridized carbons (Fsp3) is 0.211. The quantitative estimate of drug-likeness (QED) is 0.659. The average Bonchev–Trinajstić information content (AvgIpc) is 2.95. The van der Waals surface area contributed by atoms with Crippen LogP contribution in [0.25, 0.3) is 11.1 Å². The van der Waals surface area contributed by atoms with Crippen molar-refractivity contribution in [3.63, 3.8) is 0 Å². The lowest BCUT2D eigenvalue weighted by atomic mass is 9.99. The van der Waals surface area contributed by atoms with E-state index in [1.807, 2.05) is 41.1 Å². The Balaban J connectivity index is 1.85. The lowest BCUT2D eigenvalue weighted by molar-refractivity contribution is 0.0697. The van der Waals surface area contributed by atoms with Gasteiger partial charge in [0, 0.05) is 6.42 Å². The zero-order chi connectivity index (χ0) is 17.8. The van der Waals surface area contributed by atoms with Gasteiger partial charge < -0.3 is 5.11 Å². The summed E-state index contributed by atoms with van der Waals surface area (Å²) in [5.41, 5.74) is 2.97. The summed E-state index contributed by atoms with van der Waals surface area (Å²) in [6.45, 7) is 2.72. The first-order valence-corrected chi connectivity index (χ1v) is 8.57. The van der Waals surface area contributed by atoms with Crippen molar-refractivity contribution in [2.75, 3.05) is 0 Å². The Labute approximate surface area is 151 Å². The summed E-state index contributed by atoms with van der Waals surface area (Å²) in [5, 5.41) is 14.2. The Hall–Kier alpha value is -2.60. The maximum Gasteiger partial charge on any atom is 0.336 e. The normalized spacial score (nSPS) is 10.8. The van der Waals surface area contributed by atoms with Crippen LogP contribution >= 0.6 is 12.6 Å². The van der Waals surface area contributed by atoms with Crippen molar-refractivity contribution in [1.29, 1.82) is 0 Å². The summed E-state index contributed by atoms with van der Waals surface area (Å²) < 4.78 is 1.87. The van der Waals surface area contributed by atoms with Crippen LogP contribution in [0, 0.1) is 0 Å². The summed E-state index contributed by atoms with van der Waals surface area (Å²) in [4.78, 5) is 15.7. The highest BCUT2D eigenvalue weighted by Gasteiger charge is 2.11. The van der Waals surface area contributed by atoms with Gasteiger partial charge in [-0.05, 0) is 29.2 Å². The van der Waals surface area contributed by atoms with Gasteiger partial charge >= 0.3 is 5.97 Å². The van der Waals surface area contributed by atoms with Gasteiger partial charge in [-0.1, -0.05) is 49.4 Å². The second-order valence-corrected chi connectivity index (χ2v) is 6.18. The number of carbonyl (C=O) groups is 1. The molecule has 0 aliphatic heterocycles. The molecule has 6 heteroatoms. The van der Waals surface area contributed by atoms with Gasteiger partial charge in [-0.15, -0.1) is 17.7 Å². The van der Waals surface area contributed by atoms with Crippen molar-refractivity contribution in [3.05, 3.63) is 65.5 Å². The number of aromatic carboxylic acids is 1. The van der Waals surface area contributed by atoms with Gasteiger partial charge in [0.15, 0.2) is 0 Å². The van der Waals surface area contributed by atoms with Crippen molar-refractivity contribution in [1.82, 2.24) is 14.8 Å². The predicted octanol–water partition coefficient (Wildman–Crippen LogP) is 3.93. The van der Waals surface area contributed by atoms with Crippen LogP contribution in [0.15, 0.2) is 53.7 Å². The van der Waals surface area contributed by atoms with Crippen molar-refractivity contribution in [2.45, 2.75) is 31.5 Å². The number of hydrogen-bond acceptors (Lipinski definition) is 4. The maximum absolute atomic E-state index is 11.4. The first-order valence-electron chi connectivity index (χ1n) is 8.12. The smallest absolute Gasteiger partial charge is 0.336 e. The molecule has 0 aliphatic carbocycles. The highest BCUT2D eigenvalue weighted by molar-refractivity contribution is 7.80. The molecule has 2 aromatic carbocycles. The molecule has 25 heavy (non-hydrogen) atoms. The molecule has 0 fully saturated rings. The molecule has 1 N–H and O–H groups in total. The van der Waals surface area contributed by atoms with E-state index in [1.165, 1.54) is 0 Å². The number of benzene rings is 2. The minimum atomic E-state index is -0.923. The van der Waals surface area contributed by atoms with Crippen molar-refractivity contribution in [2.24, 2.45) is 0 Å². The van der Waals surface area contributed by atoms with Gasteiger partial charge in [0.25, 0.3) is 0 Å². The highest BCUT2D eigenvalue weighted by atomic mass is 32.1. The van der Waals surface area contributed by atoms with Gasteiger partial charge in [0.1, 0.15) is 5.82 Å². The first kappa shape index (κ1) is 17.2. The molecular formula is C19H19N3O2S. The number of aromatic nitrogens is 3. The third kappa shape index (κ3) is 3.91. The molecule has 0 atom stereocenters. The van der Waals surface area contributed by atoms with E-state index in [9.17, 15) is 9.90 Å². The number of nitrogens with zero attached hydrogens (tertiary/aromatic N) is 3. The van der Waals surface area contributed by atoms with Crippen LogP contribution in [0.3, 0.4) is 0 Å². The van der Waals surface area contributed by atoms with E-state index in [2.05, 4.69) is 29.6 Å². The molecule has 0 saturated carbocycles. The third-order valence-electron chi connectivity index (χ3n) is 3.97. The Bertz CT molecular complexity index is 888. The standard InChI is InChI=1S/C19H19N3O2S/c1-2-5-17-20-19(25)21-22(17)12-13-8-10-14(11-9-13)15-6-3-4-7-16(15)18(23)24/h3-4,6-11H,2,5,12H2,1H3,(H,21,25)(H,23,24). The summed E-state index contributed by atoms with van der Waals surface area (Å²) in [5.74, 6) is 0.000562. The maximum atomic E-state index is 11.4. The Morgan fingerprint density at radius 3 is 2.56 bits per heavy atom. The summed E-state index contributed by atoms with van der Waals surface area (Å²) in [6, 6.07) is 14.9. The largest absolute Gasteiger partial charge is 0.478 e. The number of carboxylic acid groups (broad SMARTS) is 1. The van der Waals surface area contributed by atoms with Crippen LogP contribution in [0.2, 0.25) is 0 Å². The van der Waals surface area contributed by atoms with Crippen LogP contribution in [0.5, 0.6) is 0 Å². The molecule has 0 radical (unpaired) electrons. The van der Waals surface area contributed by atoms with E-state index >= 15 is 0 Å². The summed E-state index contributed by atoms with van der Waals surface area (Å²) >= 11 is 4.23. The van der Waals surface area contributed by atoms with Crippen LogP contribution in [0.1, 0.15) is 35.1 Å². The highest BCUT2D eigenvalue weighted by Crippen LogP contribution is 2.24. The number of aryl methyl sites for hydroxylation is 1. The first-order chi connectivity index (χ1) is 12.1. The van der Waals surface area contributed by atoms with Crippen LogP contribution < -0.4 is 0 Å². The van der Waals surface area contributed by atoms with Gasteiger partial charge in [-0.2, -0.15) is 0 Å². The molecule has 0 aliphatic rings. The summed E-state index contributed by atoms with van der Waals surface area (Å²) in [6.07, 6.45) is 1.86. The van der Waals surface area contributed by atoms with Crippen molar-refractivity contribution >= 4 is 18.6 Å². The van der Waals surface area contributed by atoms with E-state index in [0.29, 0.717) is 22.8 Å². The molecular weight excluding hydrogens is 334 g/mol. The van der Waals surface area contributed by atoms with Gasteiger partial charge in [-0.25, -0.2) is 14.5 Å². The zero-order valence-electron chi connectivity index (χ0n) is 13.9. The molecule has 128 valence electrons. The van der Waals surface area contributed by atoms with Gasteiger partial charge in [0.05, 0.1) is 12.1 Å². The number of thiol groups is 1. The molecule has 3 rings (SSSR count). The second-order valence-electron chi connectivity index (χ2n) is 5.78. The Kier molecular flexibility index (Phi) is 5.19. The number of carboxylic acids is 1. The van der Waals surface area contributed by atoms with Gasteiger partial charge in [0.2, 0.25) is 5.16 Å². The molecule has 0 amide bonds. The topological polar surface area (TPSA) is 68.0 Å². The van der Waals surface area contributed by atoms with E-state index in [0.717, 1.165) is 29.8 Å². The van der Waals surface area contributed by atoms with E-state index < -0.39 is 5.97 Å². The second kappa shape index (κ2) is 7.53. The molecule has 0 saturated heterocycles. The minimum Gasteiger partial charge on any atom is -0.478 e. The van der Waals surface area contributed by atoms with Crippen LogP contribution in [0.4, 0.5) is 0 Å². The molecule has 1 aromatic heterocycles. The molecule has 0 bridgehead atoms.